The lowest BCUT2D eigenvalue weighted by Crippen LogP contribution is -2.20. The SMILES string of the molecule is CCC(C)(C)c1nc2c([nH]1)CC(C)C(C)C2. The van der Waals surface area contributed by atoms with E-state index in [0.29, 0.717) is 0 Å². The lowest BCUT2D eigenvalue weighted by atomic mass is 9.82. The first-order valence-corrected chi connectivity index (χ1v) is 6.52. The number of hydrogen-bond acceptors (Lipinski definition) is 1. The van der Waals surface area contributed by atoms with Crippen LogP contribution >= 0.6 is 0 Å². The van der Waals surface area contributed by atoms with E-state index in [2.05, 4.69) is 39.6 Å². The topological polar surface area (TPSA) is 28.7 Å². The summed E-state index contributed by atoms with van der Waals surface area (Å²) in [6.07, 6.45) is 3.45. The second-order valence-corrected chi connectivity index (χ2v) is 6.11. The van der Waals surface area contributed by atoms with Gasteiger partial charge in [-0.1, -0.05) is 34.6 Å². The standard InChI is InChI=1S/C14H24N2/c1-6-14(4,5)13-15-11-7-9(2)10(3)8-12(11)16-13/h9-10H,6-8H2,1-5H3,(H,15,16). The van der Waals surface area contributed by atoms with E-state index in [0.717, 1.165) is 24.7 Å². The van der Waals surface area contributed by atoms with Crippen LogP contribution in [0.15, 0.2) is 0 Å². The van der Waals surface area contributed by atoms with Crippen molar-refractivity contribution in [2.75, 3.05) is 0 Å². The third-order valence-corrected chi connectivity index (χ3v) is 4.40. The van der Waals surface area contributed by atoms with Crippen LogP contribution in [-0.2, 0) is 18.3 Å². The van der Waals surface area contributed by atoms with E-state index in [1.807, 2.05) is 0 Å². The van der Waals surface area contributed by atoms with Gasteiger partial charge in [0.1, 0.15) is 5.82 Å². The maximum Gasteiger partial charge on any atom is 0.112 e. The van der Waals surface area contributed by atoms with Crippen molar-refractivity contribution in [2.24, 2.45) is 11.8 Å². The third-order valence-electron chi connectivity index (χ3n) is 4.40. The molecule has 0 saturated heterocycles. The Morgan fingerprint density at radius 3 is 2.50 bits per heavy atom. The highest BCUT2D eigenvalue weighted by Crippen LogP contribution is 2.32. The minimum atomic E-state index is 0.184. The minimum absolute atomic E-state index is 0.184. The maximum absolute atomic E-state index is 4.82. The summed E-state index contributed by atoms with van der Waals surface area (Å²) in [5.74, 6) is 2.74. The molecule has 0 saturated carbocycles. The molecule has 0 aliphatic heterocycles. The van der Waals surface area contributed by atoms with Crippen molar-refractivity contribution in [3.05, 3.63) is 17.2 Å². The van der Waals surface area contributed by atoms with Gasteiger partial charge in [0.25, 0.3) is 0 Å². The molecule has 1 heterocycles. The van der Waals surface area contributed by atoms with Crippen LogP contribution in [0.1, 0.15) is 58.3 Å². The van der Waals surface area contributed by atoms with Crippen LogP contribution in [0.4, 0.5) is 0 Å². The lowest BCUT2D eigenvalue weighted by molar-refractivity contribution is 0.355. The molecule has 0 radical (unpaired) electrons. The fraction of sp³-hybridized carbons (Fsp3) is 0.786. The van der Waals surface area contributed by atoms with Crippen LogP contribution in [0.5, 0.6) is 0 Å². The Hall–Kier alpha value is -0.790. The maximum atomic E-state index is 4.82. The zero-order valence-corrected chi connectivity index (χ0v) is 11.2. The number of H-pyrrole nitrogens is 1. The Bertz CT molecular complexity index is 349. The van der Waals surface area contributed by atoms with Crippen LogP contribution in [0.3, 0.4) is 0 Å². The summed E-state index contributed by atoms with van der Waals surface area (Å²) < 4.78 is 0. The van der Waals surface area contributed by atoms with Gasteiger partial charge in [-0.2, -0.15) is 0 Å². The number of imidazole rings is 1. The average Bonchev–Trinajstić information content (AvgIpc) is 2.62. The van der Waals surface area contributed by atoms with Gasteiger partial charge in [0.05, 0.1) is 5.69 Å². The number of aromatic amines is 1. The molecule has 16 heavy (non-hydrogen) atoms. The van der Waals surface area contributed by atoms with E-state index in [1.165, 1.54) is 23.6 Å². The highest BCUT2D eigenvalue weighted by atomic mass is 15.0. The largest absolute Gasteiger partial charge is 0.345 e. The summed E-state index contributed by atoms with van der Waals surface area (Å²) in [6, 6.07) is 0. The first-order valence-electron chi connectivity index (χ1n) is 6.52. The molecule has 0 bridgehead atoms. The minimum Gasteiger partial charge on any atom is -0.345 e. The van der Waals surface area contributed by atoms with Gasteiger partial charge >= 0.3 is 0 Å². The second kappa shape index (κ2) is 3.90. The molecule has 2 unspecified atom stereocenters. The van der Waals surface area contributed by atoms with E-state index in [9.17, 15) is 0 Å². The first-order chi connectivity index (χ1) is 7.44. The van der Waals surface area contributed by atoms with Crippen molar-refractivity contribution in [1.29, 1.82) is 0 Å². The van der Waals surface area contributed by atoms with Gasteiger partial charge in [0.15, 0.2) is 0 Å². The van der Waals surface area contributed by atoms with Crippen molar-refractivity contribution in [1.82, 2.24) is 9.97 Å². The predicted octanol–water partition coefficient (Wildman–Crippen LogP) is 3.47. The quantitative estimate of drug-likeness (QED) is 0.812. The summed E-state index contributed by atoms with van der Waals surface area (Å²) in [5, 5.41) is 0. The van der Waals surface area contributed by atoms with Crippen molar-refractivity contribution < 1.29 is 0 Å². The monoisotopic (exact) mass is 220 g/mol. The van der Waals surface area contributed by atoms with Gasteiger partial charge in [-0.05, 0) is 31.1 Å². The number of hydrogen-bond donors (Lipinski definition) is 1. The molecule has 0 aromatic carbocycles. The average molecular weight is 220 g/mol. The molecular formula is C14H24N2. The van der Waals surface area contributed by atoms with Gasteiger partial charge in [0, 0.05) is 11.1 Å². The van der Waals surface area contributed by atoms with Crippen molar-refractivity contribution in [3.8, 4) is 0 Å². The summed E-state index contributed by atoms with van der Waals surface area (Å²) in [4.78, 5) is 8.39. The highest BCUT2D eigenvalue weighted by molar-refractivity contribution is 5.22. The Balaban J connectivity index is 2.32. The van der Waals surface area contributed by atoms with E-state index in [-0.39, 0.29) is 5.41 Å². The first kappa shape index (κ1) is 11.7. The molecule has 2 atom stereocenters. The molecule has 1 aliphatic rings. The number of nitrogens with one attached hydrogen (secondary N) is 1. The van der Waals surface area contributed by atoms with E-state index >= 15 is 0 Å². The third kappa shape index (κ3) is 1.90. The summed E-state index contributed by atoms with van der Waals surface area (Å²) in [7, 11) is 0. The van der Waals surface area contributed by atoms with E-state index < -0.39 is 0 Å². The molecule has 0 amide bonds. The van der Waals surface area contributed by atoms with Crippen molar-refractivity contribution in [2.45, 2.75) is 59.3 Å². The molecule has 2 heteroatoms. The molecule has 1 N–H and O–H groups in total. The highest BCUT2D eigenvalue weighted by Gasteiger charge is 2.29. The van der Waals surface area contributed by atoms with Gasteiger partial charge in [0.2, 0.25) is 0 Å². The molecular weight excluding hydrogens is 196 g/mol. The summed E-state index contributed by atoms with van der Waals surface area (Å²) >= 11 is 0. The molecule has 2 rings (SSSR count). The van der Waals surface area contributed by atoms with Crippen LogP contribution in [-0.4, -0.2) is 9.97 Å². The van der Waals surface area contributed by atoms with Crippen LogP contribution in [0.2, 0.25) is 0 Å². The Kier molecular flexibility index (Phi) is 2.85. The Morgan fingerprint density at radius 2 is 1.88 bits per heavy atom. The molecule has 90 valence electrons. The molecule has 1 aliphatic carbocycles. The lowest BCUT2D eigenvalue weighted by Gasteiger charge is -2.24. The van der Waals surface area contributed by atoms with Crippen LogP contribution in [0.25, 0.3) is 0 Å². The van der Waals surface area contributed by atoms with Gasteiger partial charge in [-0.15, -0.1) is 0 Å². The number of nitrogens with zero attached hydrogens (tertiary/aromatic N) is 1. The number of fused-ring (bicyclic) bond motifs is 1. The van der Waals surface area contributed by atoms with E-state index in [1.54, 1.807) is 0 Å². The molecule has 0 fully saturated rings. The van der Waals surface area contributed by atoms with E-state index in [4.69, 9.17) is 4.98 Å². The van der Waals surface area contributed by atoms with Gasteiger partial charge in [-0.3, -0.25) is 0 Å². The van der Waals surface area contributed by atoms with Gasteiger partial charge < -0.3 is 4.98 Å². The van der Waals surface area contributed by atoms with Crippen molar-refractivity contribution in [3.63, 3.8) is 0 Å². The molecule has 2 nitrogen and oxygen atoms in total. The zero-order chi connectivity index (χ0) is 11.9. The molecule has 0 spiro atoms. The second-order valence-electron chi connectivity index (χ2n) is 6.11. The molecule has 1 aromatic rings. The van der Waals surface area contributed by atoms with Crippen LogP contribution < -0.4 is 0 Å². The fourth-order valence-electron chi connectivity index (χ4n) is 2.30. The number of rotatable bonds is 2. The predicted molar refractivity (Wildman–Crippen MR) is 67.6 cm³/mol. The Labute approximate surface area is 98.9 Å². The summed E-state index contributed by atoms with van der Waals surface area (Å²) in [6.45, 7) is 11.5. The van der Waals surface area contributed by atoms with Gasteiger partial charge in [-0.25, -0.2) is 4.98 Å². The zero-order valence-electron chi connectivity index (χ0n) is 11.2. The van der Waals surface area contributed by atoms with Crippen molar-refractivity contribution >= 4 is 0 Å². The fourth-order valence-corrected chi connectivity index (χ4v) is 2.30. The smallest absolute Gasteiger partial charge is 0.112 e. The molecule has 1 aromatic heterocycles. The normalized spacial score (nSPS) is 25.6. The summed E-state index contributed by atoms with van der Waals surface area (Å²) in [5.41, 5.74) is 2.90. The van der Waals surface area contributed by atoms with Crippen LogP contribution in [0, 0.1) is 11.8 Å². The Morgan fingerprint density at radius 1 is 1.25 bits per heavy atom. The number of aromatic nitrogens is 2.